The van der Waals surface area contributed by atoms with Crippen LogP contribution in [0.15, 0.2) is 20.3 Å². The van der Waals surface area contributed by atoms with Gasteiger partial charge < -0.3 is 5.32 Å². The van der Waals surface area contributed by atoms with Gasteiger partial charge in [-0.3, -0.25) is 14.3 Å². The number of anilines is 1. The number of rotatable bonds is 3. The molecule has 0 aliphatic rings. The van der Waals surface area contributed by atoms with E-state index in [2.05, 4.69) is 35.8 Å². The Morgan fingerprint density at radius 1 is 1.59 bits per heavy atom. The first kappa shape index (κ1) is 12.0. The molecule has 0 saturated heterocycles. The van der Waals surface area contributed by atoms with E-state index < -0.39 is 11.2 Å². The first-order chi connectivity index (χ1) is 8.11. The SMILES string of the molecule is CNc1snnc1Cn1cc(Br)c(=O)[nH]c1=O. The van der Waals surface area contributed by atoms with Gasteiger partial charge in [-0.1, -0.05) is 4.49 Å². The summed E-state index contributed by atoms with van der Waals surface area (Å²) < 4.78 is 5.44. The summed E-state index contributed by atoms with van der Waals surface area (Å²) in [6.45, 7) is 0.251. The van der Waals surface area contributed by atoms with E-state index >= 15 is 0 Å². The van der Waals surface area contributed by atoms with E-state index in [1.165, 1.54) is 22.3 Å². The Labute approximate surface area is 108 Å². The molecule has 0 aromatic carbocycles. The van der Waals surface area contributed by atoms with E-state index in [0.717, 1.165) is 5.00 Å². The summed E-state index contributed by atoms with van der Waals surface area (Å²) in [5.41, 5.74) is -0.275. The summed E-state index contributed by atoms with van der Waals surface area (Å²) >= 11 is 4.28. The van der Waals surface area contributed by atoms with Gasteiger partial charge in [-0.2, -0.15) is 0 Å². The summed E-state index contributed by atoms with van der Waals surface area (Å²) in [6, 6.07) is 0. The van der Waals surface area contributed by atoms with E-state index in [0.29, 0.717) is 10.2 Å². The molecule has 2 aromatic heterocycles. The van der Waals surface area contributed by atoms with Crippen molar-refractivity contribution in [3.05, 3.63) is 37.2 Å². The lowest BCUT2D eigenvalue weighted by Gasteiger charge is -2.04. The van der Waals surface area contributed by atoms with Crippen LogP contribution < -0.4 is 16.6 Å². The summed E-state index contributed by atoms with van der Waals surface area (Å²) in [4.78, 5) is 24.9. The number of aromatic amines is 1. The highest BCUT2D eigenvalue weighted by Gasteiger charge is 2.09. The third-order valence-electron chi connectivity index (χ3n) is 2.07. The second-order valence-corrected chi connectivity index (χ2v) is 4.77. The maximum absolute atomic E-state index is 11.5. The lowest BCUT2D eigenvalue weighted by atomic mass is 10.4. The summed E-state index contributed by atoms with van der Waals surface area (Å²) in [5, 5.41) is 7.64. The number of H-pyrrole nitrogens is 1. The molecule has 0 unspecified atom stereocenters. The van der Waals surface area contributed by atoms with Gasteiger partial charge in [-0.05, 0) is 15.9 Å². The van der Waals surface area contributed by atoms with Crippen molar-refractivity contribution in [3.8, 4) is 0 Å². The first-order valence-electron chi connectivity index (χ1n) is 4.60. The van der Waals surface area contributed by atoms with Crippen LogP contribution in [0.1, 0.15) is 5.69 Å². The van der Waals surface area contributed by atoms with Crippen molar-refractivity contribution in [2.45, 2.75) is 6.54 Å². The quantitative estimate of drug-likeness (QED) is 0.846. The molecule has 2 rings (SSSR count). The Balaban J connectivity index is 2.40. The standard InChI is InChI=1S/C8H8BrN5O2S/c1-10-7-5(12-13-17-7)3-14-2-4(9)6(15)11-8(14)16/h2,10H,3H2,1H3,(H,11,15,16). The van der Waals surface area contributed by atoms with E-state index in [-0.39, 0.29) is 6.54 Å². The molecule has 7 nitrogen and oxygen atoms in total. The Morgan fingerprint density at radius 2 is 2.35 bits per heavy atom. The van der Waals surface area contributed by atoms with Crippen molar-refractivity contribution >= 4 is 32.5 Å². The number of aromatic nitrogens is 4. The minimum absolute atomic E-state index is 0.251. The molecule has 9 heteroatoms. The normalized spacial score (nSPS) is 10.5. The van der Waals surface area contributed by atoms with Gasteiger partial charge in [0.1, 0.15) is 10.7 Å². The van der Waals surface area contributed by atoms with Gasteiger partial charge in [0.25, 0.3) is 5.56 Å². The monoisotopic (exact) mass is 317 g/mol. The van der Waals surface area contributed by atoms with Gasteiger partial charge in [-0.25, -0.2) is 4.79 Å². The molecule has 0 amide bonds. The molecular formula is C8H8BrN5O2S. The van der Waals surface area contributed by atoms with Gasteiger partial charge in [0, 0.05) is 24.8 Å². The van der Waals surface area contributed by atoms with Crippen LogP contribution in [0, 0.1) is 0 Å². The second kappa shape index (κ2) is 4.80. The fraction of sp³-hybridized carbons (Fsp3) is 0.250. The van der Waals surface area contributed by atoms with E-state index in [9.17, 15) is 9.59 Å². The molecule has 2 aromatic rings. The Kier molecular flexibility index (Phi) is 3.38. The predicted molar refractivity (Wildman–Crippen MR) is 67.6 cm³/mol. The van der Waals surface area contributed by atoms with Crippen LogP contribution in [-0.2, 0) is 6.54 Å². The number of nitrogens with zero attached hydrogens (tertiary/aromatic N) is 3. The lowest BCUT2D eigenvalue weighted by Crippen LogP contribution is -2.30. The van der Waals surface area contributed by atoms with Crippen molar-refractivity contribution in [2.24, 2.45) is 0 Å². The molecule has 0 aliphatic heterocycles. The van der Waals surface area contributed by atoms with Crippen LogP contribution in [0.25, 0.3) is 0 Å². The van der Waals surface area contributed by atoms with Crippen molar-refractivity contribution in [2.75, 3.05) is 12.4 Å². The van der Waals surface area contributed by atoms with Crippen LogP contribution in [0.4, 0.5) is 5.00 Å². The van der Waals surface area contributed by atoms with Crippen molar-refractivity contribution in [1.82, 2.24) is 19.1 Å². The van der Waals surface area contributed by atoms with Crippen LogP contribution in [0.2, 0.25) is 0 Å². The molecule has 0 radical (unpaired) electrons. The van der Waals surface area contributed by atoms with Crippen LogP contribution in [0.5, 0.6) is 0 Å². The van der Waals surface area contributed by atoms with Gasteiger partial charge in [-0.15, -0.1) is 5.10 Å². The first-order valence-corrected chi connectivity index (χ1v) is 6.16. The lowest BCUT2D eigenvalue weighted by molar-refractivity contribution is 0.699. The molecule has 0 atom stereocenters. The second-order valence-electron chi connectivity index (χ2n) is 3.16. The van der Waals surface area contributed by atoms with Crippen LogP contribution in [-0.4, -0.2) is 26.2 Å². The third-order valence-corrected chi connectivity index (χ3v) is 3.42. The summed E-state index contributed by atoms with van der Waals surface area (Å²) in [6.07, 6.45) is 1.43. The van der Waals surface area contributed by atoms with E-state index in [1.807, 2.05) is 0 Å². The zero-order valence-corrected chi connectivity index (χ0v) is 11.1. The molecule has 0 spiro atoms. The zero-order valence-electron chi connectivity index (χ0n) is 8.73. The molecule has 2 heterocycles. The topological polar surface area (TPSA) is 92.7 Å². The van der Waals surface area contributed by atoms with Crippen LogP contribution in [0.3, 0.4) is 0 Å². The van der Waals surface area contributed by atoms with E-state index in [1.54, 1.807) is 7.05 Å². The minimum atomic E-state index is -0.478. The third kappa shape index (κ3) is 2.44. The smallest absolute Gasteiger partial charge is 0.328 e. The minimum Gasteiger partial charge on any atom is -0.377 e. The summed E-state index contributed by atoms with van der Waals surface area (Å²) in [7, 11) is 1.75. The number of hydrogen-bond acceptors (Lipinski definition) is 6. The molecule has 0 saturated carbocycles. The Hall–Kier alpha value is -1.48. The average Bonchev–Trinajstić information content (AvgIpc) is 2.73. The molecule has 0 bridgehead atoms. The van der Waals surface area contributed by atoms with Gasteiger partial charge in [0.05, 0.1) is 11.0 Å². The molecule has 90 valence electrons. The zero-order chi connectivity index (χ0) is 12.4. The van der Waals surface area contributed by atoms with Crippen molar-refractivity contribution in [1.29, 1.82) is 0 Å². The van der Waals surface area contributed by atoms with E-state index in [4.69, 9.17) is 0 Å². The number of halogens is 1. The maximum atomic E-state index is 11.5. The summed E-state index contributed by atoms with van der Waals surface area (Å²) in [5.74, 6) is 0. The van der Waals surface area contributed by atoms with Gasteiger partial charge in [0.2, 0.25) is 0 Å². The van der Waals surface area contributed by atoms with Gasteiger partial charge >= 0.3 is 5.69 Å². The van der Waals surface area contributed by atoms with Crippen molar-refractivity contribution < 1.29 is 0 Å². The highest BCUT2D eigenvalue weighted by atomic mass is 79.9. The largest absolute Gasteiger partial charge is 0.377 e. The molecular weight excluding hydrogens is 310 g/mol. The fourth-order valence-corrected chi connectivity index (χ4v) is 2.13. The van der Waals surface area contributed by atoms with Gasteiger partial charge in [0.15, 0.2) is 0 Å². The molecule has 2 N–H and O–H groups in total. The molecule has 0 fully saturated rings. The fourth-order valence-electron chi connectivity index (χ4n) is 1.26. The Morgan fingerprint density at radius 3 is 3.06 bits per heavy atom. The van der Waals surface area contributed by atoms with Crippen LogP contribution >= 0.6 is 27.5 Å². The molecule has 17 heavy (non-hydrogen) atoms. The average molecular weight is 318 g/mol. The number of hydrogen-bond donors (Lipinski definition) is 2. The highest BCUT2D eigenvalue weighted by molar-refractivity contribution is 9.10. The Bertz CT molecular complexity index is 646. The predicted octanol–water partition coefficient (Wildman–Crippen LogP) is 0.241. The maximum Gasteiger partial charge on any atom is 0.328 e. The highest BCUT2D eigenvalue weighted by Crippen LogP contribution is 2.17. The number of nitrogens with one attached hydrogen (secondary N) is 2. The molecule has 0 aliphatic carbocycles. The van der Waals surface area contributed by atoms with Crippen molar-refractivity contribution in [3.63, 3.8) is 0 Å².